The lowest BCUT2D eigenvalue weighted by Crippen LogP contribution is -2.48. The van der Waals surface area contributed by atoms with Gasteiger partial charge < -0.3 is 20.6 Å². The van der Waals surface area contributed by atoms with E-state index in [1.165, 1.54) is 161 Å². The van der Waals surface area contributed by atoms with Crippen LogP contribution in [0.2, 0.25) is 0 Å². The summed E-state index contributed by atoms with van der Waals surface area (Å²) in [5.74, 6) is -0.502. The maximum absolute atomic E-state index is 12.4. The fourth-order valence-corrected chi connectivity index (χ4v) is 6.18. The van der Waals surface area contributed by atoms with Crippen LogP contribution in [0.5, 0.6) is 0 Å². The summed E-state index contributed by atoms with van der Waals surface area (Å²) in [7, 11) is 0. The highest BCUT2D eigenvalue weighted by Crippen LogP contribution is 2.15. The number of rotatable bonds is 36. The molecular formula is C40H79NO4. The van der Waals surface area contributed by atoms with Gasteiger partial charge in [0.15, 0.2) is 0 Å². The third-order valence-corrected chi connectivity index (χ3v) is 9.38. The van der Waals surface area contributed by atoms with Crippen molar-refractivity contribution in [2.75, 3.05) is 6.61 Å². The second-order valence-electron chi connectivity index (χ2n) is 13.9. The Morgan fingerprint density at radius 3 is 1.22 bits per heavy atom. The van der Waals surface area contributed by atoms with Crippen molar-refractivity contribution in [1.82, 2.24) is 5.32 Å². The predicted octanol–water partition coefficient (Wildman–Crippen LogP) is 10.9. The standard InChI is InChI=1S/C40H79NO4/c1-3-5-7-9-11-13-15-17-18-19-20-21-22-23-25-26-28-30-32-34-38(43)37(36-42)41-40(45)39(44)35-33-31-29-27-24-16-14-12-10-8-6-4-2/h32,34,37-39,42-44H,3-31,33,35-36H2,1-2H3,(H,41,45)/b34-32+. The smallest absolute Gasteiger partial charge is 0.249 e. The number of carbonyl (C=O) groups is 1. The van der Waals surface area contributed by atoms with Crippen molar-refractivity contribution < 1.29 is 20.1 Å². The van der Waals surface area contributed by atoms with E-state index < -0.39 is 24.2 Å². The van der Waals surface area contributed by atoms with Crippen molar-refractivity contribution in [1.29, 1.82) is 0 Å². The van der Waals surface area contributed by atoms with E-state index in [2.05, 4.69) is 19.2 Å². The average molecular weight is 638 g/mol. The van der Waals surface area contributed by atoms with Crippen LogP contribution >= 0.6 is 0 Å². The third-order valence-electron chi connectivity index (χ3n) is 9.38. The van der Waals surface area contributed by atoms with Crippen LogP contribution in [0.3, 0.4) is 0 Å². The van der Waals surface area contributed by atoms with Crippen LogP contribution in [0.25, 0.3) is 0 Å². The van der Waals surface area contributed by atoms with E-state index in [1.807, 2.05) is 6.08 Å². The Labute approximate surface area is 280 Å². The van der Waals surface area contributed by atoms with Gasteiger partial charge in [-0.25, -0.2) is 0 Å². The van der Waals surface area contributed by atoms with Crippen molar-refractivity contribution in [3.63, 3.8) is 0 Å². The molecule has 4 N–H and O–H groups in total. The van der Waals surface area contributed by atoms with Gasteiger partial charge in [-0.1, -0.05) is 206 Å². The Bertz CT molecular complexity index is 625. The van der Waals surface area contributed by atoms with E-state index in [0.29, 0.717) is 6.42 Å². The summed E-state index contributed by atoms with van der Waals surface area (Å²) in [6, 6.07) is -0.791. The first-order valence-corrected chi connectivity index (χ1v) is 20.0. The molecule has 268 valence electrons. The Morgan fingerprint density at radius 1 is 0.533 bits per heavy atom. The van der Waals surface area contributed by atoms with Crippen LogP contribution in [0.15, 0.2) is 12.2 Å². The van der Waals surface area contributed by atoms with Crippen molar-refractivity contribution in [3.8, 4) is 0 Å². The molecule has 0 aliphatic heterocycles. The molecule has 0 saturated carbocycles. The molecule has 0 aromatic heterocycles. The fourth-order valence-electron chi connectivity index (χ4n) is 6.18. The minimum atomic E-state index is -1.09. The molecule has 0 bridgehead atoms. The molecule has 0 aliphatic carbocycles. The van der Waals surface area contributed by atoms with Crippen LogP contribution < -0.4 is 5.32 Å². The van der Waals surface area contributed by atoms with Crippen LogP contribution in [-0.2, 0) is 4.79 Å². The normalized spacial score (nSPS) is 13.8. The van der Waals surface area contributed by atoms with Gasteiger partial charge in [-0.2, -0.15) is 0 Å². The molecule has 1 amide bonds. The van der Waals surface area contributed by atoms with Crippen LogP contribution in [0.1, 0.15) is 213 Å². The topological polar surface area (TPSA) is 89.8 Å². The minimum absolute atomic E-state index is 0.359. The number of amides is 1. The Kier molecular flexibility index (Phi) is 35.2. The lowest BCUT2D eigenvalue weighted by Gasteiger charge is -2.21. The summed E-state index contributed by atoms with van der Waals surface area (Å²) in [6.45, 7) is 4.17. The molecule has 0 fully saturated rings. The Balaban J connectivity index is 3.67. The molecular weight excluding hydrogens is 558 g/mol. The maximum atomic E-state index is 12.4. The highest BCUT2D eigenvalue weighted by atomic mass is 16.3. The zero-order chi connectivity index (χ0) is 33.1. The molecule has 0 rings (SSSR count). The highest BCUT2D eigenvalue weighted by Gasteiger charge is 2.22. The number of aliphatic hydroxyl groups excluding tert-OH is 3. The van der Waals surface area contributed by atoms with Crippen LogP contribution in [0, 0.1) is 0 Å². The van der Waals surface area contributed by atoms with Gasteiger partial charge in [-0.05, 0) is 19.3 Å². The number of carbonyl (C=O) groups excluding carboxylic acids is 1. The molecule has 5 nitrogen and oxygen atoms in total. The molecule has 0 aromatic carbocycles. The summed E-state index contributed by atoms with van der Waals surface area (Å²) in [5.41, 5.74) is 0. The lowest BCUT2D eigenvalue weighted by atomic mass is 10.0. The second kappa shape index (κ2) is 35.9. The van der Waals surface area contributed by atoms with E-state index in [-0.39, 0.29) is 6.61 Å². The highest BCUT2D eigenvalue weighted by molar-refractivity contribution is 5.80. The predicted molar refractivity (Wildman–Crippen MR) is 195 cm³/mol. The lowest BCUT2D eigenvalue weighted by molar-refractivity contribution is -0.131. The van der Waals surface area contributed by atoms with Gasteiger partial charge in [-0.15, -0.1) is 0 Å². The summed E-state index contributed by atoms with van der Waals surface area (Å²) < 4.78 is 0. The first-order chi connectivity index (χ1) is 22.1. The van der Waals surface area contributed by atoms with E-state index in [0.717, 1.165) is 32.1 Å². The summed E-state index contributed by atoms with van der Waals surface area (Å²) in [6.07, 6.45) is 40.9. The number of unbranched alkanes of at least 4 members (excludes halogenated alkanes) is 28. The molecule has 0 aromatic rings. The van der Waals surface area contributed by atoms with Gasteiger partial charge >= 0.3 is 0 Å². The van der Waals surface area contributed by atoms with Gasteiger partial charge in [-0.3, -0.25) is 4.79 Å². The molecule has 5 heteroatoms. The number of aliphatic hydroxyl groups is 3. The number of nitrogens with one attached hydrogen (secondary N) is 1. The molecule has 0 radical (unpaired) electrons. The Morgan fingerprint density at radius 2 is 0.867 bits per heavy atom. The Hall–Kier alpha value is -0.910. The average Bonchev–Trinajstić information content (AvgIpc) is 3.04. The molecule has 0 spiro atoms. The van der Waals surface area contributed by atoms with Crippen molar-refractivity contribution in [2.24, 2.45) is 0 Å². The van der Waals surface area contributed by atoms with Crippen LogP contribution in [0.4, 0.5) is 0 Å². The molecule has 3 unspecified atom stereocenters. The van der Waals surface area contributed by atoms with Gasteiger partial charge in [0.1, 0.15) is 6.10 Å². The van der Waals surface area contributed by atoms with Crippen molar-refractivity contribution in [3.05, 3.63) is 12.2 Å². The minimum Gasteiger partial charge on any atom is -0.394 e. The summed E-state index contributed by atoms with van der Waals surface area (Å²) in [4.78, 5) is 12.4. The van der Waals surface area contributed by atoms with Gasteiger partial charge in [0, 0.05) is 0 Å². The largest absolute Gasteiger partial charge is 0.394 e. The fraction of sp³-hybridized carbons (Fsp3) is 0.925. The van der Waals surface area contributed by atoms with E-state index >= 15 is 0 Å². The first kappa shape index (κ1) is 44.1. The molecule has 45 heavy (non-hydrogen) atoms. The molecule has 0 aliphatic rings. The molecule has 3 atom stereocenters. The zero-order valence-electron chi connectivity index (χ0n) is 30.3. The first-order valence-electron chi connectivity index (χ1n) is 20.0. The SMILES string of the molecule is CCCCCCCCCCCCCCCCCCC/C=C/C(O)C(CO)NC(=O)C(O)CCCCCCCCCCCCCC. The number of allylic oxidation sites excluding steroid dienone is 1. The number of hydrogen-bond acceptors (Lipinski definition) is 4. The zero-order valence-corrected chi connectivity index (χ0v) is 30.3. The van der Waals surface area contributed by atoms with Gasteiger partial charge in [0.2, 0.25) is 5.91 Å². The van der Waals surface area contributed by atoms with Crippen LogP contribution in [-0.4, -0.2) is 46.1 Å². The van der Waals surface area contributed by atoms with Crippen molar-refractivity contribution >= 4 is 5.91 Å². The monoisotopic (exact) mass is 638 g/mol. The second-order valence-corrected chi connectivity index (χ2v) is 13.9. The maximum Gasteiger partial charge on any atom is 0.249 e. The van der Waals surface area contributed by atoms with Gasteiger partial charge in [0.25, 0.3) is 0 Å². The molecule has 0 heterocycles. The van der Waals surface area contributed by atoms with E-state index in [1.54, 1.807) is 6.08 Å². The van der Waals surface area contributed by atoms with Gasteiger partial charge in [0.05, 0.1) is 18.8 Å². The summed E-state index contributed by atoms with van der Waals surface area (Å²) >= 11 is 0. The number of hydrogen-bond donors (Lipinski definition) is 4. The van der Waals surface area contributed by atoms with E-state index in [9.17, 15) is 20.1 Å². The van der Waals surface area contributed by atoms with Crippen molar-refractivity contribution in [2.45, 2.75) is 231 Å². The quantitative estimate of drug-likeness (QED) is 0.0406. The molecule has 0 saturated heterocycles. The summed E-state index contributed by atoms with van der Waals surface area (Å²) in [5, 5.41) is 33.0. The third kappa shape index (κ3) is 31.5. The van der Waals surface area contributed by atoms with E-state index in [4.69, 9.17) is 0 Å².